The number of aryl methyl sites for hydroxylation is 1. The van der Waals surface area contributed by atoms with Crippen molar-refractivity contribution < 1.29 is 4.79 Å². The van der Waals surface area contributed by atoms with Crippen LogP contribution in [0.15, 0.2) is 6.07 Å². The SMILES string of the molecule is CSC1CCCC1n1c(C)cc(C(=O)C(C)Cl)c1C. The van der Waals surface area contributed by atoms with Gasteiger partial charge in [-0.05, 0) is 45.9 Å². The van der Waals surface area contributed by atoms with Crippen LogP contribution in [-0.4, -0.2) is 27.2 Å². The smallest absolute Gasteiger partial charge is 0.182 e. The summed E-state index contributed by atoms with van der Waals surface area (Å²) < 4.78 is 2.36. The van der Waals surface area contributed by atoms with Crippen molar-refractivity contribution in [2.75, 3.05) is 6.26 Å². The molecule has 1 saturated carbocycles. The Hall–Kier alpha value is -0.410. The van der Waals surface area contributed by atoms with E-state index in [-0.39, 0.29) is 5.78 Å². The minimum atomic E-state index is -0.450. The fourth-order valence-corrected chi connectivity index (χ4v) is 4.32. The molecule has 3 unspecified atom stereocenters. The van der Waals surface area contributed by atoms with Gasteiger partial charge in [0.2, 0.25) is 0 Å². The van der Waals surface area contributed by atoms with Gasteiger partial charge in [-0.3, -0.25) is 4.79 Å². The van der Waals surface area contributed by atoms with E-state index in [0.29, 0.717) is 11.3 Å². The standard InChI is InChI=1S/C15H22ClNOS/c1-9-8-12(15(18)10(2)16)11(3)17(9)13-6-5-7-14(13)19-4/h8,10,13-14H,5-7H2,1-4H3. The van der Waals surface area contributed by atoms with Crippen molar-refractivity contribution >= 4 is 29.1 Å². The molecule has 0 saturated heterocycles. The number of Topliss-reactive ketones (excluding diaryl/α,β-unsaturated/α-hetero) is 1. The lowest BCUT2D eigenvalue weighted by Crippen LogP contribution is -2.19. The van der Waals surface area contributed by atoms with Crippen molar-refractivity contribution in [2.24, 2.45) is 0 Å². The Kier molecular flexibility index (Phi) is 4.67. The van der Waals surface area contributed by atoms with Crippen molar-refractivity contribution in [3.05, 3.63) is 23.0 Å². The molecule has 0 radical (unpaired) electrons. The van der Waals surface area contributed by atoms with E-state index in [4.69, 9.17) is 11.6 Å². The highest BCUT2D eigenvalue weighted by Gasteiger charge is 2.31. The summed E-state index contributed by atoms with van der Waals surface area (Å²) in [5.41, 5.74) is 3.07. The molecule has 0 N–H and O–H groups in total. The number of nitrogens with zero attached hydrogens (tertiary/aromatic N) is 1. The van der Waals surface area contributed by atoms with Crippen molar-refractivity contribution in [3.63, 3.8) is 0 Å². The lowest BCUT2D eigenvalue weighted by molar-refractivity contribution is 0.0991. The number of hydrogen-bond donors (Lipinski definition) is 0. The number of alkyl halides is 1. The van der Waals surface area contributed by atoms with Gasteiger partial charge in [0, 0.05) is 28.2 Å². The second-order valence-electron chi connectivity index (χ2n) is 5.41. The van der Waals surface area contributed by atoms with E-state index in [2.05, 4.69) is 24.7 Å². The van der Waals surface area contributed by atoms with Crippen LogP contribution in [0.5, 0.6) is 0 Å². The Balaban J connectivity index is 2.39. The minimum Gasteiger partial charge on any atom is -0.344 e. The lowest BCUT2D eigenvalue weighted by Gasteiger charge is -2.23. The van der Waals surface area contributed by atoms with E-state index >= 15 is 0 Å². The van der Waals surface area contributed by atoms with Crippen LogP contribution in [0.2, 0.25) is 0 Å². The Bertz CT molecular complexity index is 481. The highest BCUT2D eigenvalue weighted by Crippen LogP contribution is 2.39. The zero-order chi connectivity index (χ0) is 14.2. The van der Waals surface area contributed by atoms with Crippen molar-refractivity contribution in [3.8, 4) is 0 Å². The van der Waals surface area contributed by atoms with Gasteiger partial charge in [-0.2, -0.15) is 11.8 Å². The van der Waals surface area contributed by atoms with Gasteiger partial charge in [-0.15, -0.1) is 11.6 Å². The second kappa shape index (κ2) is 5.92. The van der Waals surface area contributed by atoms with E-state index in [1.165, 1.54) is 25.0 Å². The summed E-state index contributed by atoms with van der Waals surface area (Å²) in [6.45, 7) is 5.89. The summed E-state index contributed by atoms with van der Waals surface area (Å²) >= 11 is 7.89. The van der Waals surface area contributed by atoms with Gasteiger partial charge in [0.25, 0.3) is 0 Å². The first-order valence-electron chi connectivity index (χ1n) is 6.86. The van der Waals surface area contributed by atoms with E-state index in [9.17, 15) is 4.79 Å². The van der Waals surface area contributed by atoms with Crippen LogP contribution in [0.25, 0.3) is 0 Å². The zero-order valence-electron chi connectivity index (χ0n) is 12.1. The molecule has 1 aliphatic carbocycles. The molecule has 1 aliphatic rings. The monoisotopic (exact) mass is 299 g/mol. The topological polar surface area (TPSA) is 22.0 Å². The quantitative estimate of drug-likeness (QED) is 0.608. The molecule has 106 valence electrons. The summed E-state index contributed by atoms with van der Waals surface area (Å²) in [4.78, 5) is 12.1. The maximum Gasteiger partial charge on any atom is 0.182 e. The maximum absolute atomic E-state index is 12.1. The number of carbonyl (C=O) groups excluding carboxylic acids is 1. The van der Waals surface area contributed by atoms with Crippen LogP contribution in [-0.2, 0) is 0 Å². The van der Waals surface area contributed by atoms with Crippen LogP contribution in [0.4, 0.5) is 0 Å². The summed E-state index contributed by atoms with van der Waals surface area (Å²) in [6.07, 6.45) is 5.95. The molecule has 0 aliphatic heterocycles. The number of rotatable bonds is 4. The average Bonchev–Trinajstić information content (AvgIpc) is 2.92. The number of halogens is 1. The van der Waals surface area contributed by atoms with Crippen molar-refractivity contribution in [1.82, 2.24) is 4.57 Å². The maximum atomic E-state index is 12.1. The van der Waals surface area contributed by atoms with Gasteiger partial charge < -0.3 is 4.57 Å². The minimum absolute atomic E-state index is 0.0414. The Labute approximate surface area is 124 Å². The summed E-state index contributed by atoms with van der Waals surface area (Å²) in [6, 6.07) is 2.54. The first-order chi connectivity index (χ1) is 8.97. The zero-order valence-corrected chi connectivity index (χ0v) is 13.6. The van der Waals surface area contributed by atoms with E-state index < -0.39 is 5.38 Å². The van der Waals surface area contributed by atoms with Crippen LogP contribution in [0.3, 0.4) is 0 Å². The second-order valence-corrected chi connectivity index (χ2v) is 7.14. The summed E-state index contributed by atoms with van der Waals surface area (Å²) in [5.74, 6) is 0.0414. The van der Waals surface area contributed by atoms with Crippen LogP contribution >= 0.6 is 23.4 Å². The van der Waals surface area contributed by atoms with E-state index in [1.807, 2.05) is 17.8 Å². The summed E-state index contributed by atoms with van der Waals surface area (Å²) in [7, 11) is 0. The number of thioether (sulfide) groups is 1. The summed E-state index contributed by atoms with van der Waals surface area (Å²) in [5, 5.41) is 0.218. The lowest BCUT2D eigenvalue weighted by atomic mass is 10.1. The Morgan fingerprint density at radius 2 is 2.16 bits per heavy atom. The molecule has 1 fully saturated rings. The third-order valence-electron chi connectivity index (χ3n) is 4.16. The molecule has 0 bridgehead atoms. The highest BCUT2D eigenvalue weighted by atomic mass is 35.5. The van der Waals surface area contributed by atoms with Gasteiger partial charge in [-0.25, -0.2) is 0 Å². The number of ketones is 1. The third kappa shape index (κ3) is 2.73. The molecule has 0 amide bonds. The molecule has 0 aromatic carbocycles. The first kappa shape index (κ1) is 15.0. The molecule has 1 heterocycles. The molecule has 1 aromatic rings. The van der Waals surface area contributed by atoms with Gasteiger partial charge in [0.1, 0.15) is 0 Å². The van der Waals surface area contributed by atoms with Crippen LogP contribution in [0, 0.1) is 13.8 Å². The third-order valence-corrected chi connectivity index (χ3v) is 5.52. The molecule has 2 nitrogen and oxygen atoms in total. The highest BCUT2D eigenvalue weighted by molar-refractivity contribution is 7.99. The van der Waals surface area contributed by atoms with Gasteiger partial charge in [-0.1, -0.05) is 6.42 Å². The Morgan fingerprint density at radius 1 is 1.47 bits per heavy atom. The van der Waals surface area contributed by atoms with E-state index in [0.717, 1.165) is 11.3 Å². The average molecular weight is 300 g/mol. The number of carbonyl (C=O) groups is 1. The predicted molar refractivity (Wildman–Crippen MR) is 83.7 cm³/mol. The van der Waals surface area contributed by atoms with Gasteiger partial charge in [0.05, 0.1) is 5.38 Å². The van der Waals surface area contributed by atoms with Gasteiger partial charge >= 0.3 is 0 Å². The van der Waals surface area contributed by atoms with Gasteiger partial charge in [0.15, 0.2) is 5.78 Å². The molecular formula is C15H22ClNOS. The molecule has 4 heteroatoms. The van der Waals surface area contributed by atoms with Crippen LogP contribution < -0.4 is 0 Å². The molecule has 1 aromatic heterocycles. The predicted octanol–water partition coefficient (Wildman–Crippen LogP) is 4.37. The first-order valence-corrected chi connectivity index (χ1v) is 8.59. The molecule has 19 heavy (non-hydrogen) atoms. The molecule has 3 atom stereocenters. The molecular weight excluding hydrogens is 278 g/mol. The largest absolute Gasteiger partial charge is 0.344 e. The van der Waals surface area contributed by atoms with Crippen molar-refractivity contribution in [2.45, 2.75) is 56.7 Å². The fourth-order valence-electron chi connectivity index (χ4n) is 3.23. The fraction of sp³-hybridized carbons (Fsp3) is 0.667. The van der Waals surface area contributed by atoms with Crippen molar-refractivity contribution in [1.29, 1.82) is 0 Å². The normalized spacial score (nSPS) is 24.7. The van der Waals surface area contributed by atoms with E-state index in [1.54, 1.807) is 6.92 Å². The van der Waals surface area contributed by atoms with Crippen LogP contribution in [0.1, 0.15) is 54.0 Å². The number of hydrogen-bond acceptors (Lipinski definition) is 2. The number of aromatic nitrogens is 1. The Morgan fingerprint density at radius 3 is 2.74 bits per heavy atom. The molecule has 2 rings (SSSR count). The molecule has 0 spiro atoms.